The van der Waals surface area contributed by atoms with Gasteiger partial charge in [0.25, 0.3) is 0 Å². The van der Waals surface area contributed by atoms with E-state index in [4.69, 9.17) is 10.8 Å². The van der Waals surface area contributed by atoms with Gasteiger partial charge in [0, 0.05) is 25.9 Å². The van der Waals surface area contributed by atoms with E-state index in [9.17, 15) is 8.42 Å². The molecule has 1 atom stereocenters. The lowest BCUT2D eigenvalue weighted by Gasteiger charge is -2.31. The van der Waals surface area contributed by atoms with Gasteiger partial charge in [0.15, 0.2) is 0 Å². The fourth-order valence-corrected chi connectivity index (χ4v) is 4.05. The molecule has 1 saturated heterocycles. The normalized spacial score (nSPS) is 21.4. The van der Waals surface area contributed by atoms with Crippen molar-refractivity contribution in [3.8, 4) is 0 Å². The number of hydrogen-bond donors (Lipinski definition) is 2. The molecule has 0 aliphatic carbocycles. The van der Waals surface area contributed by atoms with Gasteiger partial charge in [-0.05, 0) is 37.3 Å². The number of pyridine rings is 1. The molecule has 1 aliphatic heterocycles. The summed E-state index contributed by atoms with van der Waals surface area (Å²) in [6, 6.07) is 3.05. The molecule has 0 aromatic carbocycles. The molecule has 1 aromatic heterocycles. The Kier molecular flexibility index (Phi) is 4.38. The average Bonchev–Trinajstić information content (AvgIpc) is 2.40. The van der Waals surface area contributed by atoms with Crippen LogP contribution in [0, 0.1) is 5.92 Å². The summed E-state index contributed by atoms with van der Waals surface area (Å²) >= 11 is 0. The van der Waals surface area contributed by atoms with E-state index >= 15 is 0 Å². The van der Waals surface area contributed by atoms with Crippen LogP contribution in [-0.4, -0.2) is 42.5 Å². The molecule has 0 amide bonds. The van der Waals surface area contributed by atoms with Gasteiger partial charge in [-0.2, -0.15) is 4.31 Å². The van der Waals surface area contributed by atoms with E-state index in [1.165, 1.54) is 16.6 Å². The predicted molar refractivity (Wildman–Crippen MR) is 71.8 cm³/mol. The second-order valence-corrected chi connectivity index (χ2v) is 6.68. The lowest BCUT2D eigenvalue weighted by atomic mass is 9.97. The first-order valence-corrected chi connectivity index (χ1v) is 7.81. The molecule has 106 valence electrons. The monoisotopic (exact) mass is 285 g/mol. The molecular formula is C12H19N3O3S. The van der Waals surface area contributed by atoms with Crippen molar-refractivity contribution in [2.24, 2.45) is 5.92 Å². The second kappa shape index (κ2) is 5.85. The zero-order chi connectivity index (χ0) is 13.9. The minimum Gasteiger partial charge on any atom is -0.396 e. The van der Waals surface area contributed by atoms with Gasteiger partial charge in [0.1, 0.15) is 10.7 Å². The van der Waals surface area contributed by atoms with E-state index < -0.39 is 10.0 Å². The van der Waals surface area contributed by atoms with Crippen LogP contribution in [-0.2, 0) is 10.0 Å². The third-order valence-electron chi connectivity index (χ3n) is 3.44. The van der Waals surface area contributed by atoms with Crippen LogP contribution >= 0.6 is 0 Å². The molecule has 0 radical (unpaired) electrons. The van der Waals surface area contributed by atoms with Gasteiger partial charge in [-0.1, -0.05) is 0 Å². The molecule has 0 saturated carbocycles. The molecule has 1 unspecified atom stereocenters. The molecule has 7 heteroatoms. The minimum absolute atomic E-state index is 0.0341. The molecule has 6 nitrogen and oxygen atoms in total. The van der Waals surface area contributed by atoms with Crippen molar-refractivity contribution >= 4 is 15.8 Å². The number of rotatable bonds is 4. The van der Waals surface area contributed by atoms with Crippen molar-refractivity contribution < 1.29 is 13.5 Å². The Morgan fingerprint density at radius 1 is 1.53 bits per heavy atom. The number of nitrogen functional groups attached to an aromatic ring is 1. The summed E-state index contributed by atoms with van der Waals surface area (Å²) in [6.45, 7) is 1.03. The Morgan fingerprint density at radius 3 is 3.00 bits per heavy atom. The first kappa shape index (κ1) is 14.2. The van der Waals surface area contributed by atoms with E-state index in [-0.39, 0.29) is 23.2 Å². The Labute approximate surface area is 113 Å². The number of sulfonamides is 1. The maximum Gasteiger partial charge on any atom is 0.246 e. The second-order valence-electron chi connectivity index (χ2n) is 4.77. The summed E-state index contributed by atoms with van der Waals surface area (Å²) in [5.74, 6) is 0.248. The van der Waals surface area contributed by atoms with Gasteiger partial charge in [0.05, 0.1) is 0 Å². The average molecular weight is 285 g/mol. The minimum atomic E-state index is -3.58. The van der Waals surface area contributed by atoms with Crippen molar-refractivity contribution in [3.63, 3.8) is 0 Å². The van der Waals surface area contributed by atoms with Gasteiger partial charge in [-0.25, -0.2) is 13.4 Å². The van der Waals surface area contributed by atoms with Gasteiger partial charge >= 0.3 is 0 Å². The van der Waals surface area contributed by atoms with Crippen molar-refractivity contribution in [1.82, 2.24) is 9.29 Å². The first-order chi connectivity index (χ1) is 9.05. The van der Waals surface area contributed by atoms with Crippen LogP contribution in [0.3, 0.4) is 0 Å². The quantitative estimate of drug-likeness (QED) is 0.837. The highest BCUT2D eigenvalue weighted by atomic mass is 32.2. The topological polar surface area (TPSA) is 96.5 Å². The summed E-state index contributed by atoms with van der Waals surface area (Å²) in [5, 5.41) is 8.97. The summed E-state index contributed by atoms with van der Waals surface area (Å²) < 4.78 is 26.5. The molecule has 1 aromatic rings. The zero-order valence-corrected chi connectivity index (χ0v) is 11.5. The van der Waals surface area contributed by atoms with Crippen LogP contribution in [0.25, 0.3) is 0 Å². The maximum atomic E-state index is 12.5. The molecule has 2 heterocycles. The summed E-state index contributed by atoms with van der Waals surface area (Å²) in [5.41, 5.74) is 5.65. The van der Waals surface area contributed by atoms with E-state index in [2.05, 4.69) is 4.98 Å². The Balaban J connectivity index is 2.22. The van der Waals surface area contributed by atoms with Crippen molar-refractivity contribution in [1.29, 1.82) is 0 Å². The third-order valence-corrected chi connectivity index (χ3v) is 5.35. The van der Waals surface area contributed by atoms with Crippen LogP contribution in [0.2, 0.25) is 0 Å². The highest BCUT2D eigenvalue weighted by Crippen LogP contribution is 2.26. The number of aromatic nitrogens is 1. The van der Waals surface area contributed by atoms with Crippen LogP contribution < -0.4 is 5.73 Å². The van der Waals surface area contributed by atoms with E-state index in [1.54, 1.807) is 6.07 Å². The van der Waals surface area contributed by atoms with Gasteiger partial charge in [0.2, 0.25) is 10.0 Å². The highest BCUT2D eigenvalue weighted by molar-refractivity contribution is 7.89. The lowest BCUT2D eigenvalue weighted by molar-refractivity contribution is 0.203. The van der Waals surface area contributed by atoms with Crippen molar-refractivity contribution in [2.45, 2.75) is 24.2 Å². The summed E-state index contributed by atoms with van der Waals surface area (Å²) in [7, 11) is -3.58. The molecular weight excluding hydrogens is 266 g/mol. The molecule has 0 spiro atoms. The number of aliphatic hydroxyl groups excluding tert-OH is 1. The summed E-state index contributed by atoms with van der Waals surface area (Å²) in [4.78, 5) is 3.90. The lowest BCUT2D eigenvalue weighted by Crippen LogP contribution is -2.40. The highest BCUT2D eigenvalue weighted by Gasteiger charge is 2.31. The Hall–Kier alpha value is -1.18. The first-order valence-electron chi connectivity index (χ1n) is 6.37. The van der Waals surface area contributed by atoms with Crippen molar-refractivity contribution in [2.75, 3.05) is 25.4 Å². The van der Waals surface area contributed by atoms with Crippen LogP contribution in [0.5, 0.6) is 0 Å². The smallest absolute Gasteiger partial charge is 0.246 e. The number of anilines is 1. The zero-order valence-electron chi connectivity index (χ0n) is 10.7. The van der Waals surface area contributed by atoms with Crippen LogP contribution in [0.15, 0.2) is 23.2 Å². The number of hydrogen-bond acceptors (Lipinski definition) is 5. The molecule has 3 N–H and O–H groups in total. The van der Waals surface area contributed by atoms with E-state index in [0.29, 0.717) is 19.5 Å². The van der Waals surface area contributed by atoms with E-state index in [1.807, 2.05) is 0 Å². The van der Waals surface area contributed by atoms with Gasteiger partial charge in [-0.3, -0.25) is 0 Å². The number of piperidine rings is 1. The van der Waals surface area contributed by atoms with Crippen LogP contribution in [0.4, 0.5) is 5.82 Å². The van der Waals surface area contributed by atoms with Crippen molar-refractivity contribution in [3.05, 3.63) is 18.3 Å². The van der Waals surface area contributed by atoms with Crippen LogP contribution in [0.1, 0.15) is 19.3 Å². The summed E-state index contributed by atoms with van der Waals surface area (Å²) in [6.07, 6.45) is 3.87. The molecule has 2 rings (SSSR count). The number of nitrogens with two attached hydrogens (primary N) is 1. The number of nitrogens with zero attached hydrogens (tertiary/aromatic N) is 2. The number of aliphatic hydroxyl groups is 1. The SMILES string of the molecule is Nc1ncccc1S(=O)(=O)N1CCCC(CCO)C1. The largest absolute Gasteiger partial charge is 0.396 e. The van der Waals surface area contributed by atoms with Gasteiger partial charge in [-0.15, -0.1) is 0 Å². The predicted octanol–water partition coefficient (Wildman–Crippen LogP) is 0.447. The fourth-order valence-electron chi connectivity index (χ4n) is 2.42. The maximum absolute atomic E-state index is 12.5. The standard InChI is InChI=1S/C12H19N3O3S/c13-12-11(4-1-6-14-12)19(17,18)15-7-2-3-10(9-15)5-8-16/h1,4,6,10,16H,2-3,5,7-9H2,(H2,13,14). The Bertz CT molecular complexity index is 531. The third kappa shape index (κ3) is 3.05. The van der Waals surface area contributed by atoms with Gasteiger partial charge < -0.3 is 10.8 Å². The molecule has 1 aliphatic rings. The molecule has 19 heavy (non-hydrogen) atoms. The molecule has 0 bridgehead atoms. The molecule has 1 fully saturated rings. The van der Waals surface area contributed by atoms with E-state index in [0.717, 1.165) is 12.8 Å². The Morgan fingerprint density at radius 2 is 2.32 bits per heavy atom. The fraction of sp³-hybridized carbons (Fsp3) is 0.583.